The SMILES string of the molecule is CCCCCCCCCCCCCCCCCCNC(CC)C[Si]O. The summed E-state index contributed by atoms with van der Waals surface area (Å²) in [6, 6.07) is 1.45. The van der Waals surface area contributed by atoms with E-state index in [1.807, 2.05) is 0 Å². The third-order valence-corrected chi connectivity index (χ3v) is 5.97. The number of rotatable bonds is 21. The Labute approximate surface area is 161 Å². The lowest BCUT2D eigenvalue weighted by Gasteiger charge is -2.14. The lowest BCUT2D eigenvalue weighted by Crippen LogP contribution is -2.30. The largest absolute Gasteiger partial charge is 0.432 e. The molecule has 2 radical (unpaired) electrons. The highest BCUT2D eigenvalue weighted by atomic mass is 28.2. The van der Waals surface area contributed by atoms with Gasteiger partial charge in [0.15, 0.2) is 0 Å². The average Bonchev–Trinajstić information content (AvgIpc) is 2.63. The molecule has 0 aromatic heterocycles. The van der Waals surface area contributed by atoms with Gasteiger partial charge < -0.3 is 10.1 Å². The molecule has 0 fully saturated rings. The highest BCUT2D eigenvalue weighted by molar-refractivity contribution is 6.25. The van der Waals surface area contributed by atoms with Crippen LogP contribution in [-0.2, 0) is 0 Å². The van der Waals surface area contributed by atoms with Crippen LogP contribution in [0.4, 0.5) is 0 Å². The van der Waals surface area contributed by atoms with Gasteiger partial charge in [0.2, 0.25) is 9.76 Å². The Kier molecular flexibility index (Phi) is 22.3. The van der Waals surface area contributed by atoms with E-state index in [9.17, 15) is 0 Å². The molecule has 0 rings (SSSR count). The van der Waals surface area contributed by atoms with Crippen molar-refractivity contribution >= 4 is 9.76 Å². The number of hydrogen-bond acceptors (Lipinski definition) is 2. The molecule has 1 unspecified atom stereocenters. The fraction of sp³-hybridized carbons (Fsp3) is 1.00. The predicted octanol–water partition coefficient (Wildman–Crippen LogP) is 6.65. The van der Waals surface area contributed by atoms with E-state index in [0.29, 0.717) is 6.04 Å². The summed E-state index contributed by atoms with van der Waals surface area (Å²) < 4.78 is 0. The molecule has 0 aliphatic heterocycles. The highest BCUT2D eigenvalue weighted by Crippen LogP contribution is 2.13. The topological polar surface area (TPSA) is 32.3 Å². The molecule has 0 spiro atoms. The smallest absolute Gasteiger partial charge is 0.225 e. The molecule has 1 atom stereocenters. The number of nitrogens with one attached hydrogen (secondary N) is 1. The molecule has 0 saturated heterocycles. The molecular weight excluding hydrogens is 322 g/mol. The Balaban J connectivity index is 3.07. The number of unbranched alkanes of at least 4 members (excludes halogenated alkanes) is 15. The second-order valence-corrected chi connectivity index (χ2v) is 8.45. The van der Waals surface area contributed by atoms with Gasteiger partial charge in [0, 0.05) is 6.04 Å². The summed E-state index contributed by atoms with van der Waals surface area (Å²) in [4.78, 5) is 9.00. The van der Waals surface area contributed by atoms with Crippen molar-refractivity contribution in [3.63, 3.8) is 0 Å². The molecule has 0 aliphatic carbocycles. The summed E-state index contributed by atoms with van der Waals surface area (Å²) in [5.41, 5.74) is 0. The number of hydrogen-bond donors (Lipinski definition) is 2. The maximum Gasteiger partial charge on any atom is 0.225 e. The molecule has 0 aromatic rings. The van der Waals surface area contributed by atoms with Gasteiger partial charge in [-0.2, -0.15) is 0 Å². The zero-order chi connectivity index (χ0) is 18.4. The predicted molar refractivity (Wildman–Crippen MR) is 114 cm³/mol. The van der Waals surface area contributed by atoms with E-state index in [1.165, 1.54) is 103 Å². The Bertz CT molecular complexity index is 238. The summed E-state index contributed by atoms with van der Waals surface area (Å²) in [5.74, 6) is 0. The van der Waals surface area contributed by atoms with Crippen molar-refractivity contribution in [3.05, 3.63) is 0 Å². The van der Waals surface area contributed by atoms with Crippen molar-refractivity contribution in [2.24, 2.45) is 0 Å². The van der Waals surface area contributed by atoms with Gasteiger partial charge in [0.25, 0.3) is 0 Å². The van der Waals surface area contributed by atoms with E-state index in [4.69, 9.17) is 4.80 Å². The van der Waals surface area contributed by atoms with Crippen LogP contribution in [0.3, 0.4) is 0 Å². The molecule has 0 heterocycles. The molecule has 3 heteroatoms. The third-order valence-electron chi connectivity index (χ3n) is 5.29. The van der Waals surface area contributed by atoms with Crippen molar-refractivity contribution in [1.82, 2.24) is 5.32 Å². The summed E-state index contributed by atoms with van der Waals surface area (Å²) in [5, 5.41) is 3.57. The lowest BCUT2D eigenvalue weighted by molar-refractivity contribution is 0.486. The van der Waals surface area contributed by atoms with Crippen LogP contribution >= 0.6 is 0 Å². The minimum atomic E-state index is 0.0930. The maximum atomic E-state index is 9.00. The van der Waals surface area contributed by atoms with Gasteiger partial charge in [0.05, 0.1) is 0 Å². The van der Waals surface area contributed by atoms with Crippen molar-refractivity contribution in [2.45, 2.75) is 135 Å². The van der Waals surface area contributed by atoms with E-state index in [-0.39, 0.29) is 9.76 Å². The summed E-state index contributed by atoms with van der Waals surface area (Å²) in [6.07, 6.45) is 24.0. The fourth-order valence-corrected chi connectivity index (χ4v) is 4.10. The second kappa shape index (κ2) is 22.2. The minimum Gasteiger partial charge on any atom is -0.432 e. The van der Waals surface area contributed by atoms with E-state index in [2.05, 4.69) is 19.2 Å². The van der Waals surface area contributed by atoms with Gasteiger partial charge in [0.1, 0.15) is 0 Å². The first-order valence-corrected chi connectivity index (χ1v) is 12.6. The van der Waals surface area contributed by atoms with Crippen LogP contribution in [0.2, 0.25) is 6.04 Å². The van der Waals surface area contributed by atoms with E-state index >= 15 is 0 Å². The van der Waals surface area contributed by atoms with E-state index in [1.54, 1.807) is 0 Å². The first-order chi connectivity index (χ1) is 12.3. The van der Waals surface area contributed by atoms with Crippen LogP contribution in [0.1, 0.15) is 123 Å². The van der Waals surface area contributed by atoms with Gasteiger partial charge in [-0.15, -0.1) is 0 Å². The standard InChI is InChI=1S/C22H47NOSi/c1-3-5-6-7-8-9-10-11-12-13-14-15-16-17-18-19-20-23-22(4-2)21-25-24/h22-24H,3-21H2,1-2H3. The molecule has 150 valence electrons. The quantitative estimate of drug-likeness (QED) is 0.175. The van der Waals surface area contributed by atoms with Gasteiger partial charge >= 0.3 is 0 Å². The van der Waals surface area contributed by atoms with Crippen LogP contribution < -0.4 is 5.32 Å². The highest BCUT2D eigenvalue weighted by Gasteiger charge is 2.04. The molecule has 2 nitrogen and oxygen atoms in total. The lowest BCUT2D eigenvalue weighted by atomic mass is 10.0. The van der Waals surface area contributed by atoms with Gasteiger partial charge in [-0.25, -0.2) is 0 Å². The summed E-state index contributed by atoms with van der Waals surface area (Å²) in [6.45, 7) is 5.62. The van der Waals surface area contributed by atoms with Crippen LogP contribution in [0.25, 0.3) is 0 Å². The third kappa shape index (κ3) is 20.3. The molecule has 0 aromatic carbocycles. The minimum absolute atomic E-state index is 0.0930. The van der Waals surface area contributed by atoms with Crippen molar-refractivity contribution in [2.75, 3.05) is 6.54 Å². The van der Waals surface area contributed by atoms with E-state index < -0.39 is 0 Å². The Morgan fingerprint density at radius 3 is 1.40 bits per heavy atom. The maximum absolute atomic E-state index is 9.00. The normalized spacial score (nSPS) is 12.6. The summed E-state index contributed by atoms with van der Waals surface area (Å²) in [7, 11) is 0.0930. The molecule has 2 N–H and O–H groups in total. The second-order valence-electron chi connectivity index (χ2n) is 7.72. The zero-order valence-corrected chi connectivity index (χ0v) is 18.5. The molecule has 0 saturated carbocycles. The van der Waals surface area contributed by atoms with Gasteiger partial charge in [-0.1, -0.05) is 110 Å². The Morgan fingerprint density at radius 1 is 0.640 bits per heavy atom. The average molecular weight is 370 g/mol. The Hall–Kier alpha value is 0.137. The van der Waals surface area contributed by atoms with Crippen molar-refractivity contribution in [1.29, 1.82) is 0 Å². The molecule has 0 bridgehead atoms. The fourth-order valence-electron chi connectivity index (χ4n) is 3.45. The zero-order valence-electron chi connectivity index (χ0n) is 17.5. The Morgan fingerprint density at radius 2 is 1.04 bits per heavy atom. The van der Waals surface area contributed by atoms with Gasteiger partial charge in [-0.05, 0) is 25.4 Å². The molecule has 0 aliphatic rings. The summed E-state index contributed by atoms with van der Waals surface area (Å²) >= 11 is 0. The van der Waals surface area contributed by atoms with Crippen molar-refractivity contribution < 1.29 is 4.80 Å². The van der Waals surface area contributed by atoms with Gasteiger partial charge in [-0.3, -0.25) is 0 Å². The molecule has 0 amide bonds. The van der Waals surface area contributed by atoms with Crippen LogP contribution in [0.15, 0.2) is 0 Å². The van der Waals surface area contributed by atoms with Crippen LogP contribution in [-0.4, -0.2) is 27.1 Å². The molecule has 25 heavy (non-hydrogen) atoms. The molecular formula is C22H47NOSi. The van der Waals surface area contributed by atoms with E-state index in [0.717, 1.165) is 19.0 Å². The first kappa shape index (κ1) is 25.1. The van der Waals surface area contributed by atoms with Crippen molar-refractivity contribution in [3.8, 4) is 0 Å². The monoisotopic (exact) mass is 369 g/mol. The van der Waals surface area contributed by atoms with Crippen LogP contribution in [0, 0.1) is 0 Å². The van der Waals surface area contributed by atoms with Crippen LogP contribution in [0.5, 0.6) is 0 Å². The first-order valence-electron chi connectivity index (χ1n) is 11.5.